The predicted octanol–water partition coefficient (Wildman–Crippen LogP) is 2.22. The van der Waals surface area contributed by atoms with Gasteiger partial charge >= 0.3 is 0 Å². The van der Waals surface area contributed by atoms with E-state index >= 15 is 0 Å². The molecule has 3 nitrogen and oxygen atoms in total. The van der Waals surface area contributed by atoms with E-state index in [2.05, 4.69) is 66.6 Å². The first kappa shape index (κ1) is 13.1. The highest BCUT2D eigenvalue weighted by Gasteiger charge is 2.22. The monoisotopic (exact) mass is 245 g/mol. The minimum atomic E-state index is -0.0162. The molecule has 98 valence electrons. The summed E-state index contributed by atoms with van der Waals surface area (Å²) < 4.78 is 2.17. The van der Waals surface area contributed by atoms with Gasteiger partial charge < -0.3 is 15.2 Å². The Kier molecular flexibility index (Phi) is 3.73. The smallest absolute Gasteiger partial charge is 0.0481 e. The van der Waals surface area contributed by atoms with Crippen LogP contribution in [0.3, 0.4) is 0 Å². The molecule has 0 saturated heterocycles. The van der Waals surface area contributed by atoms with Crippen LogP contribution in [0.2, 0.25) is 0 Å². The van der Waals surface area contributed by atoms with Crippen molar-refractivity contribution in [2.24, 2.45) is 7.05 Å². The lowest BCUT2D eigenvalue weighted by Crippen LogP contribution is -2.40. The molecular formula is C15H23N3. The highest BCUT2D eigenvalue weighted by molar-refractivity contribution is 5.84. The summed E-state index contributed by atoms with van der Waals surface area (Å²) in [6.07, 6.45) is 2.12. The Balaban J connectivity index is 2.34. The highest BCUT2D eigenvalue weighted by atomic mass is 15.0. The molecule has 0 fully saturated rings. The lowest BCUT2D eigenvalue weighted by atomic mass is 9.91. The van der Waals surface area contributed by atoms with Gasteiger partial charge in [0.25, 0.3) is 0 Å². The van der Waals surface area contributed by atoms with Gasteiger partial charge in [-0.05, 0) is 38.6 Å². The van der Waals surface area contributed by atoms with E-state index in [1.54, 1.807) is 0 Å². The summed E-state index contributed by atoms with van der Waals surface area (Å²) in [6, 6.07) is 8.72. The van der Waals surface area contributed by atoms with E-state index in [0.717, 1.165) is 13.1 Å². The molecule has 0 radical (unpaired) electrons. The molecule has 2 N–H and O–H groups in total. The minimum Gasteiger partial charge on any atom is -0.351 e. The first-order valence-corrected chi connectivity index (χ1v) is 6.50. The Labute approximate surface area is 109 Å². The topological polar surface area (TPSA) is 29.0 Å². The second kappa shape index (κ2) is 5.12. The van der Waals surface area contributed by atoms with Crippen LogP contribution in [0, 0.1) is 0 Å². The number of likely N-dealkylation sites (N-methyl/N-ethyl adjacent to an activating group) is 1. The van der Waals surface area contributed by atoms with Crippen molar-refractivity contribution in [1.82, 2.24) is 15.2 Å². The molecule has 0 spiro atoms. The average molecular weight is 245 g/mol. The van der Waals surface area contributed by atoms with Crippen molar-refractivity contribution < 1.29 is 0 Å². The Bertz CT molecular complexity index is 526. The Morgan fingerprint density at radius 3 is 2.67 bits per heavy atom. The molecule has 0 saturated carbocycles. The van der Waals surface area contributed by atoms with Gasteiger partial charge in [0.1, 0.15) is 0 Å². The quantitative estimate of drug-likeness (QED) is 0.791. The third kappa shape index (κ3) is 2.42. The molecule has 2 aromatic rings. The van der Waals surface area contributed by atoms with Gasteiger partial charge in [-0.2, -0.15) is 0 Å². The summed E-state index contributed by atoms with van der Waals surface area (Å²) in [6.45, 7) is 6.43. The second-order valence-electron chi connectivity index (χ2n) is 5.32. The van der Waals surface area contributed by atoms with E-state index in [1.165, 1.54) is 16.5 Å². The Morgan fingerprint density at radius 1 is 1.17 bits per heavy atom. The minimum absolute atomic E-state index is 0.0162. The van der Waals surface area contributed by atoms with Crippen LogP contribution >= 0.6 is 0 Å². The molecule has 1 heterocycles. The summed E-state index contributed by atoms with van der Waals surface area (Å²) in [5, 5.41) is 8.11. The van der Waals surface area contributed by atoms with Gasteiger partial charge in [-0.1, -0.05) is 12.1 Å². The molecule has 0 atom stereocenters. The SMILES string of the molecule is CNCCNC(C)(C)c1cccc2c1ccn2C. The fraction of sp³-hybridized carbons (Fsp3) is 0.467. The summed E-state index contributed by atoms with van der Waals surface area (Å²) in [5.74, 6) is 0. The van der Waals surface area contributed by atoms with Gasteiger partial charge in [0.2, 0.25) is 0 Å². The Morgan fingerprint density at radius 2 is 1.94 bits per heavy atom. The number of nitrogens with zero attached hydrogens (tertiary/aromatic N) is 1. The van der Waals surface area contributed by atoms with Crippen LogP contribution in [-0.4, -0.2) is 24.7 Å². The summed E-state index contributed by atoms with van der Waals surface area (Å²) in [4.78, 5) is 0. The van der Waals surface area contributed by atoms with Crippen LogP contribution in [0.25, 0.3) is 10.9 Å². The van der Waals surface area contributed by atoms with Gasteiger partial charge in [-0.25, -0.2) is 0 Å². The number of aryl methyl sites for hydroxylation is 1. The van der Waals surface area contributed by atoms with Gasteiger partial charge in [0.15, 0.2) is 0 Å². The molecule has 1 aromatic carbocycles. The molecule has 0 aliphatic heterocycles. The first-order chi connectivity index (χ1) is 8.56. The highest BCUT2D eigenvalue weighted by Crippen LogP contribution is 2.28. The van der Waals surface area contributed by atoms with Crippen LogP contribution < -0.4 is 10.6 Å². The molecule has 18 heavy (non-hydrogen) atoms. The number of benzene rings is 1. The van der Waals surface area contributed by atoms with Crippen molar-refractivity contribution in [3.8, 4) is 0 Å². The van der Waals surface area contributed by atoms with Crippen molar-refractivity contribution >= 4 is 10.9 Å². The van der Waals surface area contributed by atoms with Crippen molar-refractivity contribution in [2.75, 3.05) is 20.1 Å². The van der Waals surface area contributed by atoms with Crippen LogP contribution in [0.4, 0.5) is 0 Å². The number of hydrogen-bond acceptors (Lipinski definition) is 2. The van der Waals surface area contributed by atoms with Crippen molar-refractivity contribution in [3.05, 3.63) is 36.0 Å². The maximum Gasteiger partial charge on any atom is 0.0481 e. The van der Waals surface area contributed by atoms with E-state index in [-0.39, 0.29) is 5.54 Å². The number of aromatic nitrogens is 1. The van der Waals surface area contributed by atoms with E-state index in [1.807, 2.05) is 7.05 Å². The van der Waals surface area contributed by atoms with E-state index in [4.69, 9.17) is 0 Å². The zero-order chi connectivity index (χ0) is 13.2. The number of fused-ring (bicyclic) bond motifs is 1. The molecule has 0 unspecified atom stereocenters. The molecule has 0 bridgehead atoms. The summed E-state index contributed by atoms with van der Waals surface area (Å²) >= 11 is 0. The van der Waals surface area contributed by atoms with Gasteiger partial charge in [0, 0.05) is 42.8 Å². The number of hydrogen-bond donors (Lipinski definition) is 2. The van der Waals surface area contributed by atoms with Crippen molar-refractivity contribution in [1.29, 1.82) is 0 Å². The normalized spacial score (nSPS) is 12.2. The Hall–Kier alpha value is -1.32. The maximum absolute atomic E-state index is 3.61. The van der Waals surface area contributed by atoms with Crippen molar-refractivity contribution in [3.63, 3.8) is 0 Å². The number of nitrogens with one attached hydrogen (secondary N) is 2. The molecule has 0 aliphatic rings. The zero-order valence-electron chi connectivity index (χ0n) is 11.7. The van der Waals surface area contributed by atoms with Crippen LogP contribution in [0.5, 0.6) is 0 Å². The predicted molar refractivity (Wildman–Crippen MR) is 77.9 cm³/mol. The molecule has 2 rings (SSSR count). The maximum atomic E-state index is 3.61. The largest absolute Gasteiger partial charge is 0.351 e. The average Bonchev–Trinajstić information content (AvgIpc) is 2.71. The molecule has 0 aliphatic carbocycles. The van der Waals surface area contributed by atoms with Crippen molar-refractivity contribution in [2.45, 2.75) is 19.4 Å². The molecule has 1 aromatic heterocycles. The zero-order valence-corrected chi connectivity index (χ0v) is 11.7. The van der Waals surface area contributed by atoms with Gasteiger partial charge in [0.05, 0.1) is 0 Å². The van der Waals surface area contributed by atoms with E-state index in [0.29, 0.717) is 0 Å². The standard InChI is InChI=1S/C15H23N3/c1-15(2,17-10-9-16-3)13-6-5-7-14-12(13)8-11-18(14)4/h5-8,11,16-17H,9-10H2,1-4H3. The molecular weight excluding hydrogens is 222 g/mol. The fourth-order valence-electron chi connectivity index (χ4n) is 2.44. The third-order valence-corrected chi connectivity index (χ3v) is 3.54. The van der Waals surface area contributed by atoms with E-state index in [9.17, 15) is 0 Å². The lowest BCUT2D eigenvalue weighted by molar-refractivity contribution is 0.407. The lowest BCUT2D eigenvalue weighted by Gasteiger charge is -2.28. The first-order valence-electron chi connectivity index (χ1n) is 6.50. The summed E-state index contributed by atoms with van der Waals surface area (Å²) in [7, 11) is 4.07. The van der Waals surface area contributed by atoms with E-state index < -0.39 is 0 Å². The van der Waals surface area contributed by atoms with Crippen LogP contribution in [0.1, 0.15) is 19.4 Å². The second-order valence-corrected chi connectivity index (χ2v) is 5.32. The fourth-order valence-corrected chi connectivity index (χ4v) is 2.44. The van der Waals surface area contributed by atoms with Gasteiger partial charge in [-0.15, -0.1) is 0 Å². The number of rotatable bonds is 5. The van der Waals surface area contributed by atoms with Crippen LogP contribution in [0.15, 0.2) is 30.5 Å². The third-order valence-electron chi connectivity index (χ3n) is 3.54. The molecule has 3 heteroatoms. The molecule has 0 amide bonds. The summed E-state index contributed by atoms with van der Waals surface area (Å²) in [5.41, 5.74) is 2.63. The van der Waals surface area contributed by atoms with Gasteiger partial charge in [-0.3, -0.25) is 0 Å². The van der Waals surface area contributed by atoms with Crippen LogP contribution in [-0.2, 0) is 12.6 Å².